The summed E-state index contributed by atoms with van der Waals surface area (Å²) >= 11 is 0. The van der Waals surface area contributed by atoms with E-state index in [-0.39, 0.29) is 12.1 Å². The molecule has 0 radical (unpaired) electrons. The molecule has 1 N–H and O–H groups in total. The van der Waals surface area contributed by atoms with Gasteiger partial charge < -0.3 is 14.6 Å². The maximum atomic E-state index is 14.7. The Balaban J connectivity index is 1.72. The second-order valence-corrected chi connectivity index (χ2v) is 9.63. The Morgan fingerprint density at radius 3 is 2.36 bits per heavy atom. The summed E-state index contributed by atoms with van der Waals surface area (Å²) < 4.78 is 49.2. The number of amides is 1. The second kappa shape index (κ2) is 11.1. The number of halogens is 3. The van der Waals surface area contributed by atoms with Crippen molar-refractivity contribution in [1.82, 2.24) is 9.88 Å². The molecule has 0 saturated heterocycles. The van der Waals surface area contributed by atoms with Crippen molar-refractivity contribution in [2.75, 3.05) is 13.7 Å². The van der Waals surface area contributed by atoms with Crippen LogP contribution in [0.2, 0.25) is 0 Å². The summed E-state index contributed by atoms with van der Waals surface area (Å²) in [6.45, 7) is 2.38. The maximum Gasteiger partial charge on any atom is 0.430 e. The first-order valence-electron chi connectivity index (χ1n) is 12.9. The quantitative estimate of drug-likeness (QED) is 0.294. The van der Waals surface area contributed by atoms with Crippen molar-refractivity contribution in [3.8, 4) is 0 Å². The van der Waals surface area contributed by atoms with Gasteiger partial charge in [-0.2, -0.15) is 13.2 Å². The molecule has 0 bridgehead atoms. The minimum Gasteiger partial charge on any atom is -0.356 e. The molecule has 194 valence electrons. The van der Waals surface area contributed by atoms with Crippen molar-refractivity contribution >= 4 is 16.8 Å². The molecule has 0 unspecified atom stereocenters. The van der Waals surface area contributed by atoms with Crippen LogP contribution < -0.4 is 0 Å². The highest BCUT2D eigenvalue weighted by Gasteiger charge is 2.64. The molecule has 7 heteroatoms. The zero-order valence-corrected chi connectivity index (χ0v) is 21.0. The molecule has 1 aliphatic heterocycles. The number of alkyl halides is 3. The average Bonchev–Trinajstić information content (AvgIpc) is 3.25. The van der Waals surface area contributed by atoms with Gasteiger partial charge in [-0.3, -0.25) is 4.79 Å². The zero-order valence-electron chi connectivity index (χ0n) is 21.0. The van der Waals surface area contributed by atoms with Gasteiger partial charge in [0, 0.05) is 35.8 Å². The monoisotopic (exact) mass is 500 g/mol. The van der Waals surface area contributed by atoms with Gasteiger partial charge in [-0.1, -0.05) is 94.0 Å². The Labute approximate surface area is 210 Å². The lowest BCUT2D eigenvalue weighted by atomic mass is 9.87. The Hall–Kier alpha value is -2.80. The minimum absolute atomic E-state index is 0.203. The highest BCUT2D eigenvalue weighted by atomic mass is 19.4. The van der Waals surface area contributed by atoms with Gasteiger partial charge in [-0.05, 0) is 24.5 Å². The third kappa shape index (κ3) is 4.77. The number of carbonyl (C=O) groups is 1. The molecule has 0 fully saturated rings. The van der Waals surface area contributed by atoms with Crippen LogP contribution in [0.5, 0.6) is 0 Å². The fraction of sp³-hybridized carbons (Fsp3) is 0.483. The number of hydrogen-bond donors (Lipinski definition) is 1. The predicted octanol–water partition coefficient (Wildman–Crippen LogP) is 7.45. The van der Waals surface area contributed by atoms with Crippen LogP contribution in [0, 0.1) is 0 Å². The summed E-state index contributed by atoms with van der Waals surface area (Å²) in [5, 5.41) is 1.07. The van der Waals surface area contributed by atoms with Gasteiger partial charge in [-0.25, -0.2) is 0 Å². The van der Waals surface area contributed by atoms with Crippen molar-refractivity contribution in [3.05, 3.63) is 71.4 Å². The van der Waals surface area contributed by atoms with Crippen LogP contribution in [0.1, 0.15) is 74.7 Å². The van der Waals surface area contributed by atoms with Crippen molar-refractivity contribution < 1.29 is 22.7 Å². The van der Waals surface area contributed by atoms with Crippen LogP contribution in [-0.2, 0) is 21.6 Å². The molecule has 2 heterocycles. The van der Waals surface area contributed by atoms with Gasteiger partial charge in [0.1, 0.15) is 0 Å². The summed E-state index contributed by atoms with van der Waals surface area (Å²) in [6, 6.07) is 14.7. The first kappa shape index (κ1) is 26.3. The van der Waals surface area contributed by atoms with E-state index in [0.717, 1.165) is 61.4 Å². The molecule has 1 aromatic heterocycles. The molecular weight excluding hydrogens is 465 g/mol. The number of ether oxygens (including phenoxy) is 1. The van der Waals surface area contributed by atoms with Gasteiger partial charge in [-0.15, -0.1) is 0 Å². The number of benzene rings is 2. The smallest absolute Gasteiger partial charge is 0.356 e. The zero-order chi connectivity index (χ0) is 25.8. The molecular formula is C29H35F3N2O2. The van der Waals surface area contributed by atoms with Crippen molar-refractivity contribution in [1.29, 1.82) is 0 Å². The number of H-pyrrole nitrogens is 1. The molecule has 2 atom stereocenters. The maximum absolute atomic E-state index is 14.7. The highest BCUT2D eigenvalue weighted by Crippen LogP contribution is 2.46. The number of rotatable bonds is 10. The summed E-state index contributed by atoms with van der Waals surface area (Å²) in [5.41, 5.74) is -0.366. The van der Waals surface area contributed by atoms with Crippen LogP contribution in [0.3, 0.4) is 0 Å². The molecule has 0 saturated carbocycles. The lowest BCUT2D eigenvalue weighted by molar-refractivity contribution is -0.271. The number of fused-ring (bicyclic) bond motifs is 3. The van der Waals surface area contributed by atoms with Crippen LogP contribution in [-0.4, -0.2) is 35.6 Å². The fourth-order valence-corrected chi connectivity index (χ4v) is 5.58. The van der Waals surface area contributed by atoms with Gasteiger partial charge in [0.05, 0.1) is 6.04 Å². The summed E-state index contributed by atoms with van der Waals surface area (Å²) in [6.07, 6.45) is 2.56. The number of carbonyl (C=O) groups excluding carboxylic acids is 1. The van der Waals surface area contributed by atoms with Crippen LogP contribution in [0.15, 0.2) is 54.6 Å². The van der Waals surface area contributed by atoms with Crippen LogP contribution >= 0.6 is 0 Å². The normalized spacial score (nSPS) is 17.7. The summed E-state index contributed by atoms with van der Waals surface area (Å²) in [7, 11) is 0.972. The lowest BCUT2D eigenvalue weighted by Gasteiger charge is -2.43. The highest BCUT2D eigenvalue weighted by molar-refractivity contribution is 5.90. The first-order valence-corrected chi connectivity index (χ1v) is 12.9. The van der Waals surface area contributed by atoms with Crippen molar-refractivity contribution in [3.63, 3.8) is 0 Å². The largest absolute Gasteiger partial charge is 0.430 e. The fourth-order valence-electron chi connectivity index (χ4n) is 5.58. The van der Waals surface area contributed by atoms with Gasteiger partial charge >= 0.3 is 6.18 Å². The van der Waals surface area contributed by atoms with Crippen molar-refractivity contribution in [2.24, 2.45) is 0 Å². The number of aromatic amines is 1. The van der Waals surface area contributed by atoms with E-state index in [1.54, 1.807) is 6.07 Å². The minimum atomic E-state index is -4.92. The summed E-state index contributed by atoms with van der Waals surface area (Å²) in [5.74, 6) is -1.05. The Morgan fingerprint density at radius 2 is 1.67 bits per heavy atom. The van der Waals surface area contributed by atoms with E-state index in [1.807, 2.05) is 24.3 Å². The van der Waals surface area contributed by atoms with E-state index in [9.17, 15) is 18.0 Å². The number of aromatic nitrogens is 1. The van der Waals surface area contributed by atoms with E-state index in [4.69, 9.17) is 4.74 Å². The molecule has 0 spiro atoms. The van der Waals surface area contributed by atoms with E-state index in [2.05, 4.69) is 11.9 Å². The van der Waals surface area contributed by atoms with Gasteiger partial charge in [0.25, 0.3) is 11.5 Å². The first-order chi connectivity index (χ1) is 17.3. The second-order valence-electron chi connectivity index (χ2n) is 9.63. The number of nitrogens with zero attached hydrogens (tertiary/aromatic N) is 1. The standard InChI is InChI=1S/C29H35F3N2O2/c1-3-4-5-6-7-11-18-25-26-23(22-16-12-13-17-24(22)33-26)19-20-34(25)27(35)28(36-2,29(30,31)32)21-14-9-8-10-15-21/h8-10,12-17,25,33H,3-7,11,18-20H2,1-2H3/t25-,28+/m0/s1. The number of nitrogens with one attached hydrogen (secondary N) is 1. The van der Waals surface area contributed by atoms with E-state index in [1.165, 1.54) is 35.6 Å². The molecule has 0 aliphatic carbocycles. The number of methoxy groups -OCH3 is 1. The van der Waals surface area contributed by atoms with Crippen LogP contribution in [0.4, 0.5) is 13.2 Å². The Morgan fingerprint density at radius 1 is 1.00 bits per heavy atom. The van der Waals surface area contributed by atoms with E-state index >= 15 is 0 Å². The Bertz CT molecular complexity index is 1160. The molecule has 2 aromatic carbocycles. The van der Waals surface area contributed by atoms with Crippen LogP contribution in [0.25, 0.3) is 10.9 Å². The molecule has 3 aromatic rings. The van der Waals surface area contributed by atoms with Gasteiger partial charge in [0.15, 0.2) is 0 Å². The third-order valence-electron chi connectivity index (χ3n) is 7.44. The molecule has 4 nitrogen and oxygen atoms in total. The molecule has 1 aliphatic rings. The molecule has 1 amide bonds. The van der Waals surface area contributed by atoms with E-state index in [0.29, 0.717) is 12.8 Å². The topological polar surface area (TPSA) is 45.3 Å². The molecule has 4 rings (SSSR count). The Kier molecular flexibility index (Phi) is 8.08. The average molecular weight is 501 g/mol. The number of unbranched alkanes of at least 4 members (excludes halogenated alkanes) is 5. The van der Waals surface area contributed by atoms with Crippen molar-refractivity contribution in [2.45, 2.75) is 76.1 Å². The number of para-hydroxylation sites is 1. The van der Waals surface area contributed by atoms with E-state index < -0.39 is 23.7 Å². The van der Waals surface area contributed by atoms with Gasteiger partial charge in [0.2, 0.25) is 0 Å². The number of hydrogen-bond acceptors (Lipinski definition) is 2. The third-order valence-corrected chi connectivity index (χ3v) is 7.44. The SMILES string of the molecule is CCCCCCCC[C@H]1c2[nH]c3ccccc3c2CCN1C(=O)[C@](OC)(c1ccccc1)C(F)(F)F. The molecule has 36 heavy (non-hydrogen) atoms. The predicted molar refractivity (Wildman–Crippen MR) is 136 cm³/mol. The lowest BCUT2D eigenvalue weighted by Crippen LogP contribution is -2.58. The summed E-state index contributed by atoms with van der Waals surface area (Å²) in [4.78, 5) is 18.8.